The molecule has 7 nitrogen and oxygen atoms in total. The summed E-state index contributed by atoms with van der Waals surface area (Å²) < 4.78 is 11.2. The van der Waals surface area contributed by atoms with E-state index in [9.17, 15) is 9.90 Å². The lowest BCUT2D eigenvalue weighted by molar-refractivity contribution is -0.145. The molecule has 7 heteroatoms. The summed E-state index contributed by atoms with van der Waals surface area (Å²) >= 11 is 0. The molecule has 140 valence electrons. The van der Waals surface area contributed by atoms with Crippen LogP contribution in [-0.2, 0) is 4.79 Å². The number of hydrogen-bond donors (Lipinski definition) is 1. The molecule has 1 unspecified atom stereocenters. The predicted octanol–water partition coefficient (Wildman–Crippen LogP) is 3.63. The second-order valence-corrected chi connectivity index (χ2v) is 6.06. The molecule has 0 aliphatic heterocycles. The van der Waals surface area contributed by atoms with Gasteiger partial charge >= 0.3 is 5.97 Å². The van der Waals surface area contributed by atoms with Crippen molar-refractivity contribution in [2.75, 3.05) is 7.11 Å². The van der Waals surface area contributed by atoms with Crippen LogP contribution in [0, 0.1) is 0 Å². The van der Waals surface area contributed by atoms with Gasteiger partial charge < -0.3 is 14.6 Å². The van der Waals surface area contributed by atoms with E-state index in [-0.39, 0.29) is 0 Å². The Balaban J connectivity index is 1.79. The molecule has 1 aromatic heterocycles. The molecule has 0 radical (unpaired) electrons. The Kier molecular flexibility index (Phi) is 4.63. The average molecular weight is 375 g/mol. The summed E-state index contributed by atoms with van der Waals surface area (Å²) in [6, 6.07) is 21.3. The summed E-state index contributed by atoms with van der Waals surface area (Å²) in [5, 5.41) is 18.6. The Morgan fingerprint density at radius 1 is 0.964 bits per heavy atom. The van der Waals surface area contributed by atoms with Crippen molar-refractivity contribution in [2.45, 2.75) is 6.10 Å². The maximum atomic E-state index is 11.8. The molecule has 0 saturated heterocycles. The van der Waals surface area contributed by atoms with Crippen molar-refractivity contribution in [3.05, 3.63) is 78.4 Å². The summed E-state index contributed by atoms with van der Waals surface area (Å²) in [6.07, 6.45) is -1.17. The third-order valence-corrected chi connectivity index (χ3v) is 4.24. The molecule has 0 spiro atoms. The van der Waals surface area contributed by atoms with E-state index >= 15 is 0 Å². The van der Waals surface area contributed by atoms with E-state index < -0.39 is 12.1 Å². The Hall–Kier alpha value is -3.87. The molecule has 0 aliphatic rings. The minimum Gasteiger partial charge on any atom is -0.497 e. The van der Waals surface area contributed by atoms with Crippen molar-refractivity contribution in [3.8, 4) is 17.2 Å². The second-order valence-electron chi connectivity index (χ2n) is 6.06. The summed E-state index contributed by atoms with van der Waals surface area (Å²) in [5.41, 5.74) is 2.45. The summed E-state index contributed by atoms with van der Waals surface area (Å²) in [4.78, 5) is 13.3. The van der Waals surface area contributed by atoms with Crippen molar-refractivity contribution in [1.82, 2.24) is 15.0 Å². The summed E-state index contributed by atoms with van der Waals surface area (Å²) in [7, 11) is 1.55. The maximum absolute atomic E-state index is 11.8. The van der Waals surface area contributed by atoms with Crippen molar-refractivity contribution < 1.29 is 19.4 Å². The lowest BCUT2D eigenvalue weighted by atomic mass is 10.1. The smallest absolute Gasteiger partial charge is 0.349 e. The van der Waals surface area contributed by atoms with Crippen LogP contribution >= 0.6 is 0 Å². The highest BCUT2D eigenvalue weighted by atomic mass is 16.5. The molecule has 28 heavy (non-hydrogen) atoms. The van der Waals surface area contributed by atoms with Crippen LogP contribution in [0.2, 0.25) is 0 Å². The molecule has 0 aliphatic carbocycles. The van der Waals surface area contributed by atoms with E-state index in [1.807, 2.05) is 30.3 Å². The molecule has 0 fully saturated rings. The summed E-state index contributed by atoms with van der Waals surface area (Å²) in [6.45, 7) is 0. The first kappa shape index (κ1) is 17.5. The summed E-state index contributed by atoms with van der Waals surface area (Å²) in [5.74, 6) is -0.181. The van der Waals surface area contributed by atoms with E-state index in [1.54, 1.807) is 49.6 Å². The van der Waals surface area contributed by atoms with E-state index in [2.05, 4.69) is 10.2 Å². The van der Waals surface area contributed by atoms with Crippen molar-refractivity contribution in [1.29, 1.82) is 0 Å². The fourth-order valence-corrected chi connectivity index (χ4v) is 2.86. The van der Waals surface area contributed by atoms with Gasteiger partial charge in [0.25, 0.3) is 0 Å². The number of fused-ring (bicyclic) bond motifs is 1. The number of hydrogen-bond acceptors (Lipinski definition) is 5. The van der Waals surface area contributed by atoms with Gasteiger partial charge in [-0.25, -0.2) is 4.79 Å². The highest BCUT2D eigenvalue weighted by molar-refractivity contribution is 5.75. The van der Waals surface area contributed by atoms with Crippen LogP contribution in [0.15, 0.2) is 72.8 Å². The van der Waals surface area contributed by atoms with Gasteiger partial charge in [0.1, 0.15) is 28.2 Å². The second kappa shape index (κ2) is 7.40. The zero-order valence-corrected chi connectivity index (χ0v) is 15.0. The van der Waals surface area contributed by atoms with Gasteiger partial charge in [0.2, 0.25) is 6.10 Å². The standard InChI is InChI=1S/C21H17N3O4/c1-27-15-11-12-19(28-20(21(25)26)14-7-3-2-4-8-14)18(13-15)24-22-16-9-5-6-10-17(16)23-24/h2-13,20H,1H3,(H,25,26). The Morgan fingerprint density at radius 3 is 2.21 bits per heavy atom. The van der Waals surface area contributed by atoms with E-state index in [0.29, 0.717) is 33.8 Å². The number of ether oxygens (including phenoxy) is 2. The van der Waals surface area contributed by atoms with E-state index in [4.69, 9.17) is 9.47 Å². The number of benzene rings is 3. The molecule has 3 aromatic carbocycles. The van der Waals surface area contributed by atoms with E-state index in [1.165, 1.54) is 4.80 Å². The fourth-order valence-electron chi connectivity index (χ4n) is 2.86. The van der Waals surface area contributed by atoms with Crippen LogP contribution in [0.5, 0.6) is 11.5 Å². The third kappa shape index (κ3) is 3.37. The zero-order valence-electron chi connectivity index (χ0n) is 15.0. The zero-order chi connectivity index (χ0) is 19.5. The van der Waals surface area contributed by atoms with Crippen LogP contribution in [0.4, 0.5) is 0 Å². The minimum atomic E-state index is -1.17. The van der Waals surface area contributed by atoms with Gasteiger partial charge in [-0.3, -0.25) is 0 Å². The molecule has 0 amide bonds. The topological polar surface area (TPSA) is 86.5 Å². The molecule has 1 atom stereocenters. The van der Waals surface area contributed by atoms with Crippen LogP contribution in [0.25, 0.3) is 16.7 Å². The largest absolute Gasteiger partial charge is 0.497 e. The van der Waals surface area contributed by atoms with Gasteiger partial charge in [-0.2, -0.15) is 0 Å². The SMILES string of the molecule is COc1ccc(OC(C(=O)O)c2ccccc2)c(-n2nc3ccccc3n2)c1. The quantitative estimate of drug-likeness (QED) is 0.554. The molecule has 4 aromatic rings. The number of rotatable bonds is 6. The van der Waals surface area contributed by atoms with Crippen LogP contribution in [-0.4, -0.2) is 33.2 Å². The van der Waals surface area contributed by atoms with Gasteiger partial charge in [0, 0.05) is 11.6 Å². The van der Waals surface area contributed by atoms with Crippen LogP contribution < -0.4 is 9.47 Å². The first-order valence-corrected chi connectivity index (χ1v) is 8.60. The lowest BCUT2D eigenvalue weighted by Crippen LogP contribution is -2.19. The number of aromatic nitrogens is 3. The number of carbonyl (C=O) groups is 1. The van der Waals surface area contributed by atoms with Gasteiger partial charge in [-0.05, 0) is 24.3 Å². The third-order valence-electron chi connectivity index (χ3n) is 4.24. The number of carboxylic acid groups (broad SMARTS) is 1. The minimum absolute atomic E-state index is 0.331. The molecule has 1 N–H and O–H groups in total. The number of aliphatic carboxylic acids is 1. The number of nitrogens with zero attached hydrogens (tertiary/aromatic N) is 3. The average Bonchev–Trinajstić information content (AvgIpc) is 3.16. The molecule has 0 bridgehead atoms. The monoisotopic (exact) mass is 375 g/mol. The first-order chi connectivity index (χ1) is 13.7. The van der Waals surface area contributed by atoms with Crippen LogP contribution in [0.3, 0.4) is 0 Å². The van der Waals surface area contributed by atoms with Crippen LogP contribution in [0.1, 0.15) is 11.7 Å². The highest BCUT2D eigenvalue weighted by Gasteiger charge is 2.24. The number of methoxy groups -OCH3 is 1. The van der Waals surface area contributed by atoms with Crippen molar-refractivity contribution in [3.63, 3.8) is 0 Å². The first-order valence-electron chi connectivity index (χ1n) is 8.60. The molecule has 4 rings (SSSR count). The van der Waals surface area contributed by atoms with Gasteiger partial charge in [-0.15, -0.1) is 15.0 Å². The van der Waals surface area contributed by atoms with Crippen molar-refractivity contribution >= 4 is 17.0 Å². The Labute approximate surface area is 160 Å². The number of carboxylic acids is 1. The molecular formula is C21H17N3O4. The molecular weight excluding hydrogens is 358 g/mol. The fraction of sp³-hybridized carbons (Fsp3) is 0.0952. The maximum Gasteiger partial charge on any atom is 0.349 e. The Morgan fingerprint density at radius 2 is 1.61 bits per heavy atom. The Bertz CT molecular complexity index is 1090. The highest BCUT2D eigenvalue weighted by Crippen LogP contribution is 2.31. The normalized spacial score (nSPS) is 11.9. The van der Waals surface area contributed by atoms with Crippen molar-refractivity contribution in [2.24, 2.45) is 0 Å². The molecule has 0 saturated carbocycles. The van der Waals surface area contributed by atoms with E-state index in [0.717, 1.165) is 0 Å². The van der Waals surface area contributed by atoms with Gasteiger partial charge in [-0.1, -0.05) is 42.5 Å². The lowest BCUT2D eigenvalue weighted by Gasteiger charge is -2.18. The van der Waals surface area contributed by atoms with Gasteiger partial charge in [0.15, 0.2) is 0 Å². The predicted molar refractivity (Wildman–Crippen MR) is 103 cm³/mol. The van der Waals surface area contributed by atoms with Gasteiger partial charge in [0.05, 0.1) is 7.11 Å². The molecule has 1 heterocycles.